The van der Waals surface area contributed by atoms with Gasteiger partial charge < -0.3 is 19.5 Å². The van der Waals surface area contributed by atoms with Crippen LogP contribution in [0.5, 0.6) is 11.5 Å². The lowest BCUT2D eigenvalue weighted by molar-refractivity contribution is -0.137. The first kappa shape index (κ1) is 22.4. The minimum atomic E-state index is -4.48. The summed E-state index contributed by atoms with van der Waals surface area (Å²) in [4.78, 5) is 24.5. The second-order valence-electron chi connectivity index (χ2n) is 5.81. The van der Waals surface area contributed by atoms with E-state index in [0.29, 0.717) is 0 Å². The van der Waals surface area contributed by atoms with E-state index in [1.165, 1.54) is 33.3 Å². The lowest BCUT2D eigenvalue weighted by atomic mass is 10.2. The molecule has 1 atom stereocenters. The number of benzene rings is 2. The molecule has 0 saturated carbocycles. The summed E-state index contributed by atoms with van der Waals surface area (Å²) in [6, 6.07) is 6.50. The van der Waals surface area contributed by atoms with Crippen LogP contribution < -0.4 is 14.8 Å². The number of nitrogens with one attached hydrogen (secondary N) is 1. The van der Waals surface area contributed by atoms with Crippen molar-refractivity contribution in [2.75, 3.05) is 19.5 Å². The maximum atomic E-state index is 12.6. The van der Waals surface area contributed by atoms with E-state index in [2.05, 4.69) is 5.32 Å². The molecule has 156 valence electrons. The fourth-order valence-electron chi connectivity index (χ4n) is 2.30. The second kappa shape index (κ2) is 9.04. The summed E-state index contributed by atoms with van der Waals surface area (Å²) in [5.74, 6) is -1.12. The molecule has 2 aromatic carbocycles. The number of hydrogen-bond donors (Lipinski definition) is 1. The molecule has 1 N–H and O–H groups in total. The number of ether oxygens (including phenoxy) is 3. The Kier molecular flexibility index (Phi) is 6.97. The third kappa shape index (κ3) is 5.54. The van der Waals surface area contributed by atoms with Crippen LogP contribution in [0.2, 0.25) is 5.02 Å². The first-order chi connectivity index (χ1) is 13.6. The number of alkyl halides is 3. The molecule has 0 spiro atoms. The van der Waals surface area contributed by atoms with Crippen LogP contribution in [-0.4, -0.2) is 32.2 Å². The van der Waals surface area contributed by atoms with Gasteiger partial charge in [-0.1, -0.05) is 11.6 Å². The largest absolute Gasteiger partial charge is 0.493 e. The summed E-state index contributed by atoms with van der Waals surface area (Å²) in [7, 11) is 2.75. The van der Waals surface area contributed by atoms with Crippen molar-refractivity contribution < 1.29 is 37.0 Å². The Morgan fingerprint density at radius 1 is 1.07 bits per heavy atom. The molecular weight excluding hydrogens is 415 g/mol. The summed E-state index contributed by atoms with van der Waals surface area (Å²) in [6.45, 7) is 1.32. The molecule has 2 aromatic rings. The molecule has 1 amide bonds. The van der Waals surface area contributed by atoms with Crippen molar-refractivity contribution in [3.63, 3.8) is 0 Å². The molecule has 29 heavy (non-hydrogen) atoms. The van der Waals surface area contributed by atoms with Gasteiger partial charge in [-0.05, 0) is 43.3 Å². The monoisotopic (exact) mass is 431 g/mol. The van der Waals surface area contributed by atoms with E-state index < -0.39 is 29.7 Å². The predicted molar refractivity (Wildman–Crippen MR) is 99.5 cm³/mol. The van der Waals surface area contributed by atoms with Crippen LogP contribution in [0.15, 0.2) is 36.4 Å². The normalized spacial score (nSPS) is 12.1. The van der Waals surface area contributed by atoms with Crippen LogP contribution >= 0.6 is 11.6 Å². The van der Waals surface area contributed by atoms with Crippen molar-refractivity contribution in [2.45, 2.75) is 19.2 Å². The zero-order valence-corrected chi connectivity index (χ0v) is 16.4. The fourth-order valence-corrected chi connectivity index (χ4v) is 2.59. The number of hydrogen-bond acceptors (Lipinski definition) is 5. The lowest BCUT2D eigenvalue weighted by Gasteiger charge is -2.15. The first-order valence-electron chi connectivity index (χ1n) is 8.17. The van der Waals surface area contributed by atoms with E-state index in [9.17, 15) is 22.8 Å². The van der Waals surface area contributed by atoms with Crippen LogP contribution in [0.1, 0.15) is 22.8 Å². The molecule has 1 unspecified atom stereocenters. The molecule has 0 saturated heterocycles. The van der Waals surface area contributed by atoms with E-state index >= 15 is 0 Å². The highest BCUT2D eigenvalue weighted by Gasteiger charge is 2.30. The Morgan fingerprint density at radius 3 is 2.21 bits per heavy atom. The SMILES string of the molecule is COc1cc(C(=O)OC(C)C(=O)Nc2ccc(C(F)(F)F)cc2)cc(Cl)c1OC. The highest BCUT2D eigenvalue weighted by molar-refractivity contribution is 6.32. The van der Waals surface area contributed by atoms with Crippen molar-refractivity contribution in [3.05, 3.63) is 52.5 Å². The van der Waals surface area contributed by atoms with Crippen molar-refractivity contribution in [3.8, 4) is 11.5 Å². The number of halogens is 4. The average molecular weight is 432 g/mol. The maximum Gasteiger partial charge on any atom is 0.416 e. The highest BCUT2D eigenvalue weighted by Crippen LogP contribution is 2.36. The number of anilines is 1. The van der Waals surface area contributed by atoms with Gasteiger partial charge in [0.2, 0.25) is 0 Å². The molecule has 2 rings (SSSR count). The van der Waals surface area contributed by atoms with Gasteiger partial charge in [0.1, 0.15) is 0 Å². The molecule has 0 aromatic heterocycles. The van der Waals surface area contributed by atoms with Gasteiger partial charge in [0, 0.05) is 5.69 Å². The topological polar surface area (TPSA) is 73.9 Å². The third-order valence-electron chi connectivity index (χ3n) is 3.80. The summed E-state index contributed by atoms with van der Waals surface area (Å²) >= 11 is 6.04. The molecule has 0 aliphatic rings. The zero-order chi connectivity index (χ0) is 21.8. The smallest absolute Gasteiger partial charge is 0.416 e. The van der Waals surface area contributed by atoms with Gasteiger partial charge in [-0.15, -0.1) is 0 Å². The molecule has 0 aliphatic heterocycles. The Hall–Kier alpha value is -2.94. The van der Waals surface area contributed by atoms with Gasteiger partial charge in [0.05, 0.1) is 30.4 Å². The predicted octanol–water partition coefficient (Wildman–Crippen LogP) is 4.56. The van der Waals surface area contributed by atoms with Crippen LogP contribution in [0, 0.1) is 0 Å². The van der Waals surface area contributed by atoms with E-state index in [4.69, 9.17) is 25.8 Å². The Morgan fingerprint density at radius 2 is 1.69 bits per heavy atom. The first-order valence-corrected chi connectivity index (χ1v) is 8.55. The fraction of sp³-hybridized carbons (Fsp3) is 0.263. The molecular formula is C19H17ClF3NO5. The minimum Gasteiger partial charge on any atom is -0.493 e. The van der Waals surface area contributed by atoms with E-state index in [-0.39, 0.29) is 27.8 Å². The number of amides is 1. The van der Waals surface area contributed by atoms with E-state index in [0.717, 1.165) is 24.3 Å². The number of carbonyl (C=O) groups excluding carboxylic acids is 2. The third-order valence-corrected chi connectivity index (χ3v) is 4.08. The second-order valence-corrected chi connectivity index (χ2v) is 6.21. The summed E-state index contributed by atoms with van der Waals surface area (Å²) < 4.78 is 53.0. The maximum absolute atomic E-state index is 12.6. The van der Waals surface area contributed by atoms with Crippen molar-refractivity contribution in [1.82, 2.24) is 0 Å². The van der Waals surface area contributed by atoms with E-state index in [1.54, 1.807) is 0 Å². The minimum absolute atomic E-state index is 0.0295. The molecule has 0 radical (unpaired) electrons. The molecule has 0 bridgehead atoms. The molecule has 0 aliphatic carbocycles. The van der Waals surface area contributed by atoms with Gasteiger partial charge in [0.15, 0.2) is 17.6 Å². The van der Waals surface area contributed by atoms with Crippen molar-refractivity contribution in [1.29, 1.82) is 0 Å². The van der Waals surface area contributed by atoms with Crippen LogP contribution in [0.3, 0.4) is 0 Å². The van der Waals surface area contributed by atoms with Crippen LogP contribution in [-0.2, 0) is 15.7 Å². The number of carbonyl (C=O) groups is 2. The quantitative estimate of drug-likeness (QED) is 0.679. The van der Waals surface area contributed by atoms with Crippen molar-refractivity contribution in [2.24, 2.45) is 0 Å². The Balaban J connectivity index is 2.06. The Labute approximate surface area is 169 Å². The van der Waals surface area contributed by atoms with Gasteiger partial charge in [-0.3, -0.25) is 4.79 Å². The summed E-state index contributed by atoms with van der Waals surface area (Å²) in [6.07, 6.45) is -5.71. The summed E-state index contributed by atoms with van der Waals surface area (Å²) in [5.41, 5.74) is -0.692. The number of esters is 1. The summed E-state index contributed by atoms with van der Waals surface area (Å²) in [5, 5.41) is 2.49. The number of rotatable bonds is 6. The highest BCUT2D eigenvalue weighted by atomic mass is 35.5. The molecule has 10 heteroatoms. The van der Waals surface area contributed by atoms with Gasteiger partial charge >= 0.3 is 12.1 Å². The molecule has 0 heterocycles. The number of methoxy groups -OCH3 is 2. The zero-order valence-electron chi connectivity index (χ0n) is 15.6. The van der Waals surface area contributed by atoms with Crippen LogP contribution in [0.4, 0.5) is 18.9 Å². The molecule has 0 fully saturated rings. The van der Waals surface area contributed by atoms with E-state index in [1.807, 2.05) is 0 Å². The molecule has 6 nitrogen and oxygen atoms in total. The average Bonchev–Trinajstić information content (AvgIpc) is 2.66. The van der Waals surface area contributed by atoms with Crippen LogP contribution in [0.25, 0.3) is 0 Å². The van der Waals surface area contributed by atoms with Gasteiger partial charge in [-0.2, -0.15) is 13.2 Å². The lowest BCUT2D eigenvalue weighted by Crippen LogP contribution is -2.30. The van der Waals surface area contributed by atoms with Gasteiger partial charge in [0.25, 0.3) is 5.91 Å². The Bertz CT molecular complexity index is 900. The van der Waals surface area contributed by atoms with Gasteiger partial charge in [-0.25, -0.2) is 4.79 Å². The van der Waals surface area contributed by atoms with Crippen molar-refractivity contribution >= 4 is 29.2 Å². The standard InChI is InChI=1S/C19H17ClF3NO5/c1-10(17(25)24-13-6-4-12(5-7-13)19(21,22)23)29-18(26)11-8-14(20)16(28-3)15(9-11)27-2/h4-10H,1-3H3,(H,24,25).